The summed E-state index contributed by atoms with van der Waals surface area (Å²) >= 11 is 0. The molecular formula is C17H20FNO2. The van der Waals surface area contributed by atoms with E-state index in [0.29, 0.717) is 5.56 Å². The average Bonchev–Trinajstić information content (AvgIpc) is 2.48. The fourth-order valence-corrected chi connectivity index (χ4v) is 2.45. The summed E-state index contributed by atoms with van der Waals surface area (Å²) < 4.78 is 18.7. The molecule has 0 saturated heterocycles. The average molecular weight is 289 g/mol. The third-order valence-corrected chi connectivity index (χ3v) is 3.62. The van der Waals surface area contributed by atoms with Crippen LogP contribution < -0.4 is 10.5 Å². The van der Waals surface area contributed by atoms with Crippen LogP contribution in [0.2, 0.25) is 0 Å². The van der Waals surface area contributed by atoms with Crippen molar-refractivity contribution in [3.63, 3.8) is 0 Å². The van der Waals surface area contributed by atoms with E-state index in [0.717, 1.165) is 11.1 Å². The number of benzene rings is 2. The molecule has 21 heavy (non-hydrogen) atoms. The lowest BCUT2D eigenvalue weighted by atomic mass is 9.88. The van der Waals surface area contributed by atoms with Gasteiger partial charge in [0.25, 0.3) is 0 Å². The maximum absolute atomic E-state index is 13.8. The Morgan fingerprint density at radius 3 is 2.52 bits per heavy atom. The van der Waals surface area contributed by atoms with E-state index in [4.69, 9.17) is 10.5 Å². The first kappa shape index (κ1) is 15.5. The van der Waals surface area contributed by atoms with Crippen molar-refractivity contribution in [2.24, 2.45) is 5.73 Å². The number of aliphatic hydroxyl groups is 1. The van der Waals surface area contributed by atoms with E-state index in [1.165, 1.54) is 19.2 Å². The molecule has 0 saturated carbocycles. The maximum atomic E-state index is 13.8. The largest absolute Gasteiger partial charge is 0.494 e. The first-order valence-electron chi connectivity index (χ1n) is 6.85. The molecule has 0 bridgehead atoms. The normalized spacial score (nSPS) is 13.8. The number of hydrogen-bond donors (Lipinski definition) is 2. The Bertz CT molecular complexity index is 615. The molecular weight excluding hydrogens is 269 g/mol. The van der Waals surface area contributed by atoms with Gasteiger partial charge in [-0.2, -0.15) is 0 Å². The van der Waals surface area contributed by atoms with Gasteiger partial charge in [-0.3, -0.25) is 0 Å². The van der Waals surface area contributed by atoms with E-state index in [1.54, 1.807) is 6.07 Å². The summed E-state index contributed by atoms with van der Waals surface area (Å²) in [6, 6.07) is 12.3. The van der Waals surface area contributed by atoms with Gasteiger partial charge in [-0.25, -0.2) is 4.39 Å². The second-order valence-corrected chi connectivity index (χ2v) is 5.10. The lowest BCUT2D eigenvalue weighted by Crippen LogP contribution is -2.20. The Labute approximate surface area is 124 Å². The molecule has 0 fully saturated rings. The van der Waals surface area contributed by atoms with E-state index in [2.05, 4.69) is 0 Å². The summed E-state index contributed by atoms with van der Waals surface area (Å²) in [4.78, 5) is 0. The Morgan fingerprint density at radius 1 is 1.19 bits per heavy atom. The van der Waals surface area contributed by atoms with Gasteiger partial charge in [0.2, 0.25) is 0 Å². The van der Waals surface area contributed by atoms with Crippen molar-refractivity contribution in [1.82, 2.24) is 0 Å². The molecule has 2 rings (SSSR count). The van der Waals surface area contributed by atoms with Gasteiger partial charge in [-0.1, -0.05) is 35.9 Å². The number of methoxy groups -OCH3 is 1. The topological polar surface area (TPSA) is 55.5 Å². The highest BCUT2D eigenvalue weighted by atomic mass is 19.1. The van der Waals surface area contributed by atoms with Crippen molar-refractivity contribution in [1.29, 1.82) is 0 Å². The van der Waals surface area contributed by atoms with Crippen molar-refractivity contribution >= 4 is 0 Å². The predicted octanol–water partition coefficient (Wildman–Crippen LogP) is 2.92. The monoisotopic (exact) mass is 289 g/mol. The number of hydrogen-bond acceptors (Lipinski definition) is 3. The van der Waals surface area contributed by atoms with Crippen LogP contribution in [0.1, 0.15) is 28.7 Å². The van der Waals surface area contributed by atoms with Gasteiger partial charge in [0, 0.05) is 12.5 Å². The summed E-state index contributed by atoms with van der Waals surface area (Å²) in [5.74, 6) is -0.613. The number of aliphatic hydroxyl groups excluding tert-OH is 1. The number of rotatable bonds is 5. The number of aryl methyl sites for hydroxylation is 1. The minimum Gasteiger partial charge on any atom is -0.494 e. The zero-order valence-electron chi connectivity index (χ0n) is 12.2. The van der Waals surface area contributed by atoms with Gasteiger partial charge in [0.05, 0.1) is 13.2 Å². The summed E-state index contributed by atoms with van der Waals surface area (Å²) in [5.41, 5.74) is 8.34. The van der Waals surface area contributed by atoms with Gasteiger partial charge in [0.1, 0.15) is 0 Å². The van der Waals surface area contributed by atoms with Crippen molar-refractivity contribution < 1.29 is 14.2 Å². The first-order chi connectivity index (χ1) is 10.1. The van der Waals surface area contributed by atoms with Crippen LogP contribution in [-0.2, 0) is 0 Å². The molecule has 0 radical (unpaired) electrons. The highest BCUT2D eigenvalue weighted by Crippen LogP contribution is 2.32. The van der Waals surface area contributed by atoms with Crippen LogP contribution in [0.3, 0.4) is 0 Å². The minimum absolute atomic E-state index is 0.158. The molecule has 3 N–H and O–H groups in total. The smallest absolute Gasteiger partial charge is 0.165 e. The molecule has 0 spiro atoms. The Hall–Kier alpha value is -1.91. The molecule has 0 aliphatic rings. The van der Waals surface area contributed by atoms with E-state index in [9.17, 15) is 9.50 Å². The molecule has 0 amide bonds. The lowest BCUT2D eigenvalue weighted by molar-refractivity contribution is 0.147. The van der Waals surface area contributed by atoms with Crippen molar-refractivity contribution in [3.8, 4) is 5.75 Å². The third kappa shape index (κ3) is 3.40. The Kier molecular flexibility index (Phi) is 4.94. The van der Waals surface area contributed by atoms with E-state index >= 15 is 0 Å². The quantitative estimate of drug-likeness (QED) is 0.890. The highest BCUT2D eigenvalue weighted by molar-refractivity contribution is 5.34. The van der Waals surface area contributed by atoms with Crippen LogP contribution in [-0.4, -0.2) is 18.8 Å². The van der Waals surface area contributed by atoms with Crippen LogP contribution in [0.25, 0.3) is 0 Å². The molecule has 0 aliphatic heterocycles. The van der Waals surface area contributed by atoms with E-state index in [1.807, 2.05) is 31.2 Å². The van der Waals surface area contributed by atoms with Crippen molar-refractivity contribution in [3.05, 3.63) is 65.0 Å². The van der Waals surface area contributed by atoms with Crippen LogP contribution >= 0.6 is 0 Å². The summed E-state index contributed by atoms with van der Waals surface area (Å²) in [5, 5.41) is 10.5. The fraction of sp³-hybridized carbons (Fsp3) is 0.294. The minimum atomic E-state index is -0.864. The molecule has 0 aromatic heterocycles. The molecule has 0 heterocycles. The van der Waals surface area contributed by atoms with Gasteiger partial charge in [-0.15, -0.1) is 0 Å². The summed E-state index contributed by atoms with van der Waals surface area (Å²) in [6.45, 7) is 2.26. The Balaban J connectivity index is 2.32. The van der Waals surface area contributed by atoms with Crippen LogP contribution in [0, 0.1) is 12.7 Å². The second kappa shape index (κ2) is 6.70. The Morgan fingerprint density at radius 2 is 1.95 bits per heavy atom. The maximum Gasteiger partial charge on any atom is 0.165 e. The number of nitrogens with two attached hydrogens (primary N) is 1. The number of ether oxygens (including phenoxy) is 1. The third-order valence-electron chi connectivity index (χ3n) is 3.62. The van der Waals surface area contributed by atoms with Crippen LogP contribution in [0.4, 0.5) is 4.39 Å². The molecule has 3 nitrogen and oxygen atoms in total. The summed E-state index contributed by atoms with van der Waals surface area (Å²) in [6.07, 6.45) is -0.864. The molecule has 2 aromatic rings. The zero-order chi connectivity index (χ0) is 15.4. The van der Waals surface area contributed by atoms with Gasteiger partial charge >= 0.3 is 0 Å². The van der Waals surface area contributed by atoms with E-state index in [-0.39, 0.29) is 18.2 Å². The van der Waals surface area contributed by atoms with Crippen molar-refractivity contribution in [2.45, 2.75) is 18.9 Å². The van der Waals surface area contributed by atoms with Crippen LogP contribution in [0.5, 0.6) is 5.75 Å². The fourth-order valence-electron chi connectivity index (χ4n) is 2.45. The van der Waals surface area contributed by atoms with Crippen LogP contribution in [0.15, 0.2) is 42.5 Å². The first-order valence-corrected chi connectivity index (χ1v) is 6.85. The highest BCUT2D eigenvalue weighted by Gasteiger charge is 2.22. The van der Waals surface area contributed by atoms with Crippen molar-refractivity contribution in [2.75, 3.05) is 13.7 Å². The SMILES string of the molecule is COc1ccc(C(O)C(CN)c2cccc(C)c2)cc1F. The van der Waals surface area contributed by atoms with E-state index < -0.39 is 11.9 Å². The standard InChI is InChI=1S/C17H20FNO2/c1-11-4-3-5-12(8-11)14(10-19)17(20)13-6-7-16(21-2)15(18)9-13/h3-9,14,17,20H,10,19H2,1-2H3. The zero-order valence-corrected chi connectivity index (χ0v) is 12.2. The van der Waals surface area contributed by atoms with Gasteiger partial charge in [0.15, 0.2) is 11.6 Å². The molecule has 4 heteroatoms. The summed E-state index contributed by atoms with van der Waals surface area (Å²) in [7, 11) is 1.41. The van der Waals surface area contributed by atoms with Gasteiger partial charge in [-0.05, 0) is 30.2 Å². The predicted molar refractivity (Wildman–Crippen MR) is 80.9 cm³/mol. The molecule has 112 valence electrons. The van der Waals surface area contributed by atoms with Gasteiger partial charge < -0.3 is 15.6 Å². The molecule has 0 aliphatic carbocycles. The second-order valence-electron chi connectivity index (χ2n) is 5.10. The lowest BCUT2D eigenvalue weighted by Gasteiger charge is -2.23. The molecule has 2 unspecified atom stereocenters. The number of halogens is 1. The molecule has 2 aromatic carbocycles. The molecule has 2 atom stereocenters.